The lowest BCUT2D eigenvalue weighted by Crippen LogP contribution is -2.42. The van der Waals surface area contributed by atoms with Crippen molar-refractivity contribution in [3.05, 3.63) is 12.2 Å². The highest BCUT2D eigenvalue weighted by Crippen LogP contribution is 2.52. The normalized spacial score (nSPS) is 31.8. The van der Waals surface area contributed by atoms with Gasteiger partial charge < -0.3 is 0 Å². The molecule has 0 spiro atoms. The lowest BCUT2D eigenvalue weighted by molar-refractivity contribution is -0.138. The first-order valence-corrected chi connectivity index (χ1v) is 6.70. The number of likely N-dealkylation sites (tertiary alicyclic amines) is 1. The van der Waals surface area contributed by atoms with E-state index in [1.165, 1.54) is 4.90 Å². The van der Waals surface area contributed by atoms with Crippen LogP contribution in [-0.4, -0.2) is 23.8 Å². The summed E-state index contributed by atoms with van der Waals surface area (Å²) >= 11 is 0. The maximum absolute atomic E-state index is 12.1. The van der Waals surface area contributed by atoms with Crippen molar-refractivity contribution in [3.8, 4) is 0 Å². The van der Waals surface area contributed by atoms with Crippen LogP contribution in [0, 0.1) is 22.7 Å². The van der Waals surface area contributed by atoms with Crippen LogP contribution >= 0.6 is 0 Å². The molecule has 102 valence electrons. The van der Waals surface area contributed by atoms with E-state index in [0.717, 1.165) is 0 Å². The Morgan fingerprint density at radius 2 is 1.17 bits per heavy atom. The Kier molecular flexibility index (Phi) is 3.75. The standard InChI is InChI=1S/C13H19NO2.C2H6/c1-12(2)6-7-13(3,4)9-8(12)10(15)14(5)11(9)16;1-2/h6-9H,1-5H3;1-2H3. The minimum Gasteiger partial charge on any atom is -0.285 e. The maximum atomic E-state index is 12.1. The lowest BCUT2D eigenvalue weighted by atomic mass is 9.59. The van der Waals surface area contributed by atoms with Gasteiger partial charge in [0.25, 0.3) is 0 Å². The van der Waals surface area contributed by atoms with Gasteiger partial charge in [-0.2, -0.15) is 0 Å². The number of imide groups is 1. The summed E-state index contributed by atoms with van der Waals surface area (Å²) in [5.74, 6) is -0.468. The number of hydrogen-bond acceptors (Lipinski definition) is 2. The molecule has 0 N–H and O–H groups in total. The van der Waals surface area contributed by atoms with Crippen LogP contribution < -0.4 is 0 Å². The maximum Gasteiger partial charge on any atom is 0.233 e. The molecule has 1 heterocycles. The summed E-state index contributed by atoms with van der Waals surface area (Å²) < 4.78 is 0. The number of hydrogen-bond donors (Lipinski definition) is 0. The van der Waals surface area contributed by atoms with Crippen molar-refractivity contribution < 1.29 is 9.59 Å². The molecule has 18 heavy (non-hydrogen) atoms. The van der Waals surface area contributed by atoms with Gasteiger partial charge in [0.2, 0.25) is 11.8 Å². The summed E-state index contributed by atoms with van der Waals surface area (Å²) in [6.45, 7) is 12.1. The molecule has 0 bridgehead atoms. The molecular formula is C15H25NO2. The third-order valence-electron chi connectivity index (χ3n) is 4.07. The van der Waals surface area contributed by atoms with Crippen LogP contribution in [0.2, 0.25) is 0 Å². The molecule has 1 aliphatic carbocycles. The van der Waals surface area contributed by atoms with Crippen molar-refractivity contribution >= 4 is 11.8 Å². The van der Waals surface area contributed by atoms with Gasteiger partial charge >= 0.3 is 0 Å². The molecule has 0 aromatic heterocycles. The van der Waals surface area contributed by atoms with Gasteiger partial charge in [0.05, 0.1) is 11.8 Å². The lowest BCUT2D eigenvalue weighted by Gasteiger charge is -2.41. The van der Waals surface area contributed by atoms with Gasteiger partial charge in [0.15, 0.2) is 0 Å². The molecule has 0 aromatic carbocycles. The molecule has 3 heteroatoms. The highest BCUT2D eigenvalue weighted by molar-refractivity contribution is 6.06. The zero-order chi connectivity index (χ0) is 14.3. The van der Waals surface area contributed by atoms with Crippen molar-refractivity contribution in [2.24, 2.45) is 22.7 Å². The van der Waals surface area contributed by atoms with E-state index in [1.807, 2.05) is 41.5 Å². The minimum absolute atomic E-state index is 0.0302. The highest BCUT2D eigenvalue weighted by Gasteiger charge is 2.58. The molecule has 3 nitrogen and oxygen atoms in total. The first-order chi connectivity index (χ1) is 8.18. The first-order valence-electron chi connectivity index (χ1n) is 6.70. The molecule has 2 aliphatic rings. The predicted octanol–water partition coefficient (Wildman–Crippen LogP) is 2.87. The Morgan fingerprint density at radius 3 is 1.44 bits per heavy atom. The Labute approximate surface area is 110 Å². The van der Waals surface area contributed by atoms with Crippen molar-refractivity contribution in [2.45, 2.75) is 41.5 Å². The fourth-order valence-corrected chi connectivity index (χ4v) is 2.94. The Bertz CT molecular complexity index is 357. The van der Waals surface area contributed by atoms with Gasteiger partial charge in [-0.05, 0) is 10.8 Å². The molecular weight excluding hydrogens is 226 g/mol. The first kappa shape index (κ1) is 14.9. The summed E-state index contributed by atoms with van der Waals surface area (Å²) in [4.78, 5) is 25.5. The summed E-state index contributed by atoms with van der Waals surface area (Å²) in [6.07, 6.45) is 4.16. The average molecular weight is 251 g/mol. The smallest absolute Gasteiger partial charge is 0.233 e. The van der Waals surface area contributed by atoms with E-state index in [2.05, 4.69) is 12.2 Å². The van der Waals surface area contributed by atoms with E-state index in [1.54, 1.807) is 7.05 Å². The Hall–Kier alpha value is -1.12. The summed E-state index contributed by atoms with van der Waals surface area (Å²) in [6, 6.07) is 0. The second-order valence-corrected chi connectivity index (χ2v) is 6.17. The number of allylic oxidation sites excluding steroid dienone is 2. The number of rotatable bonds is 0. The molecule has 0 aromatic rings. The summed E-state index contributed by atoms with van der Waals surface area (Å²) in [7, 11) is 1.59. The van der Waals surface area contributed by atoms with E-state index < -0.39 is 0 Å². The zero-order valence-corrected chi connectivity index (χ0v) is 12.6. The summed E-state index contributed by atoms with van der Waals surface area (Å²) in [5, 5.41) is 0. The topological polar surface area (TPSA) is 37.4 Å². The quantitative estimate of drug-likeness (QED) is 0.490. The van der Waals surface area contributed by atoms with Gasteiger partial charge in [-0.1, -0.05) is 53.7 Å². The van der Waals surface area contributed by atoms with Crippen LogP contribution in [0.25, 0.3) is 0 Å². The van der Waals surface area contributed by atoms with Crippen molar-refractivity contribution in [1.82, 2.24) is 4.90 Å². The van der Waals surface area contributed by atoms with Crippen LogP contribution in [0.1, 0.15) is 41.5 Å². The van der Waals surface area contributed by atoms with Crippen molar-refractivity contribution in [2.75, 3.05) is 7.05 Å². The summed E-state index contributed by atoms with van der Waals surface area (Å²) in [5.41, 5.74) is -0.449. The zero-order valence-electron chi connectivity index (χ0n) is 12.6. The van der Waals surface area contributed by atoms with Crippen molar-refractivity contribution in [3.63, 3.8) is 0 Å². The van der Waals surface area contributed by atoms with E-state index in [9.17, 15) is 9.59 Å². The van der Waals surface area contributed by atoms with E-state index >= 15 is 0 Å². The van der Waals surface area contributed by atoms with Crippen LogP contribution in [0.5, 0.6) is 0 Å². The van der Waals surface area contributed by atoms with Crippen LogP contribution in [0.15, 0.2) is 12.2 Å². The SMILES string of the molecule is CC.CN1C(=O)C2C(C1=O)C(C)(C)C=CC2(C)C. The van der Waals surface area contributed by atoms with Gasteiger partial charge in [-0.25, -0.2) is 0 Å². The average Bonchev–Trinajstić information content (AvgIpc) is 2.54. The van der Waals surface area contributed by atoms with E-state index in [4.69, 9.17) is 0 Å². The molecule has 0 saturated carbocycles. The van der Waals surface area contributed by atoms with Crippen LogP contribution in [-0.2, 0) is 9.59 Å². The number of fused-ring (bicyclic) bond motifs is 1. The van der Waals surface area contributed by atoms with Gasteiger partial charge in [-0.3, -0.25) is 14.5 Å². The second kappa shape index (κ2) is 4.52. The fourth-order valence-electron chi connectivity index (χ4n) is 2.94. The number of nitrogens with zero attached hydrogens (tertiary/aromatic N) is 1. The molecule has 2 rings (SSSR count). The number of carbonyl (C=O) groups excluding carboxylic acids is 2. The molecule has 0 radical (unpaired) electrons. The molecule has 1 saturated heterocycles. The van der Waals surface area contributed by atoms with Gasteiger partial charge in [0, 0.05) is 7.05 Å². The molecule has 2 atom stereocenters. The molecule has 1 aliphatic heterocycles. The van der Waals surface area contributed by atoms with E-state index in [0.29, 0.717) is 0 Å². The largest absolute Gasteiger partial charge is 0.285 e. The fraction of sp³-hybridized carbons (Fsp3) is 0.733. The number of amides is 2. The van der Waals surface area contributed by atoms with Gasteiger partial charge in [-0.15, -0.1) is 0 Å². The van der Waals surface area contributed by atoms with Crippen LogP contribution in [0.3, 0.4) is 0 Å². The molecule has 2 unspecified atom stereocenters. The third kappa shape index (κ3) is 2.00. The van der Waals surface area contributed by atoms with E-state index in [-0.39, 0.29) is 34.5 Å². The molecule has 1 fully saturated rings. The highest BCUT2D eigenvalue weighted by atomic mass is 16.2. The predicted molar refractivity (Wildman–Crippen MR) is 72.8 cm³/mol. The number of carbonyl (C=O) groups is 2. The monoisotopic (exact) mass is 251 g/mol. The minimum atomic E-state index is -0.225. The van der Waals surface area contributed by atoms with Gasteiger partial charge in [0.1, 0.15) is 0 Å². The van der Waals surface area contributed by atoms with Crippen molar-refractivity contribution in [1.29, 1.82) is 0 Å². The van der Waals surface area contributed by atoms with Crippen LogP contribution in [0.4, 0.5) is 0 Å². The Balaban J connectivity index is 0.000000771. The molecule has 2 amide bonds. The third-order valence-corrected chi connectivity index (χ3v) is 4.07. The second-order valence-electron chi connectivity index (χ2n) is 6.17. The Morgan fingerprint density at radius 1 is 0.889 bits per heavy atom.